The minimum absolute atomic E-state index is 0.0322. The summed E-state index contributed by atoms with van der Waals surface area (Å²) in [6.07, 6.45) is 5.27. The van der Waals surface area contributed by atoms with Crippen molar-refractivity contribution in [2.45, 2.75) is 62.0 Å². The quantitative estimate of drug-likeness (QED) is 0.165. The fraction of sp³-hybridized carbons (Fsp3) is 0.278. The molecule has 1 saturated carbocycles. The summed E-state index contributed by atoms with van der Waals surface area (Å²) in [6, 6.07) is 30.6. The topological polar surface area (TPSA) is 86.8 Å². The Labute approximate surface area is 284 Å². The van der Waals surface area contributed by atoms with Crippen LogP contribution in [0.5, 0.6) is 0 Å². The molecular weight excluding hydrogens is 686 g/mol. The second-order valence-electron chi connectivity index (χ2n) is 11.5. The molecule has 4 aromatic carbocycles. The first-order valence-corrected chi connectivity index (χ1v) is 18.0. The van der Waals surface area contributed by atoms with Crippen LogP contribution in [-0.4, -0.2) is 43.8 Å². The summed E-state index contributed by atoms with van der Waals surface area (Å²) in [6.45, 7) is -0.417. The number of carbonyl (C=O) groups is 2. The Kier molecular flexibility index (Phi) is 11.5. The Morgan fingerprint density at radius 1 is 0.804 bits per heavy atom. The van der Waals surface area contributed by atoms with Gasteiger partial charge in [0.25, 0.3) is 10.0 Å². The largest absolute Gasteiger partial charge is 0.352 e. The van der Waals surface area contributed by atoms with Crippen LogP contribution in [0.15, 0.2) is 119 Å². The van der Waals surface area contributed by atoms with E-state index in [1.54, 1.807) is 54.6 Å². The van der Waals surface area contributed by atoms with Crippen LogP contribution in [-0.2, 0) is 32.6 Å². The molecule has 0 aliphatic heterocycles. The van der Waals surface area contributed by atoms with Gasteiger partial charge in [0.1, 0.15) is 12.6 Å². The van der Waals surface area contributed by atoms with Crippen LogP contribution < -0.4 is 9.62 Å². The number of amides is 2. The van der Waals surface area contributed by atoms with Crippen molar-refractivity contribution in [3.63, 3.8) is 0 Å². The summed E-state index contributed by atoms with van der Waals surface area (Å²) < 4.78 is 30.0. The van der Waals surface area contributed by atoms with Gasteiger partial charge in [0.15, 0.2) is 0 Å². The molecule has 10 heteroatoms. The van der Waals surface area contributed by atoms with Crippen LogP contribution in [0.3, 0.4) is 0 Å². The van der Waals surface area contributed by atoms with E-state index in [9.17, 15) is 18.0 Å². The fourth-order valence-corrected chi connectivity index (χ4v) is 7.57. The maximum absolute atomic E-state index is 14.6. The summed E-state index contributed by atoms with van der Waals surface area (Å²) in [7, 11) is -4.15. The molecule has 0 aromatic heterocycles. The van der Waals surface area contributed by atoms with E-state index in [0.29, 0.717) is 10.7 Å². The summed E-state index contributed by atoms with van der Waals surface area (Å²) in [5, 5.41) is 3.77. The highest BCUT2D eigenvalue weighted by atomic mass is 79.9. The lowest BCUT2D eigenvalue weighted by Gasteiger charge is -2.35. The Morgan fingerprint density at radius 2 is 1.41 bits per heavy atom. The Morgan fingerprint density at radius 3 is 2.04 bits per heavy atom. The first-order valence-electron chi connectivity index (χ1n) is 15.4. The van der Waals surface area contributed by atoms with Gasteiger partial charge in [-0.15, -0.1) is 0 Å². The van der Waals surface area contributed by atoms with Gasteiger partial charge < -0.3 is 10.2 Å². The first kappa shape index (κ1) is 33.7. The zero-order valence-corrected chi connectivity index (χ0v) is 28.6. The standard InChI is InChI=1S/C36H37BrClN3O4S/c37-29-18-22-32(23-19-29)41(46(44,45)33-14-8-3-9-15-33)26-35(42)40(25-28-16-20-30(38)21-17-28)34(24-27-10-4-1-5-11-27)36(43)39-31-12-6-2-7-13-31/h1,3-5,8-11,14-23,31,34H,2,6-7,12-13,24-26H2,(H,39,43)/t34-/m1/s1. The van der Waals surface area contributed by atoms with Crippen LogP contribution in [0.4, 0.5) is 5.69 Å². The molecule has 0 heterocycles. The number of hydrogen-bond acceptors (Lipinski definition) is 4. The van der Waals surface area contributed by atoms with Gasteiger partial charge in [-0.05, 0) is 72.5 Å². The highest BCUT2D eigenvalue weighted by Gasteiger charge is 2.35. The number of nitrogens with one attached hydrogen (secondary N) is 1. The van der Waals surface area contributed by atoms with Crippen LogP contribution in [0.2, 0.25) is 5.02 Å². The van der Waals surface area contributed by atoms with Crippen molar-refractivity contribution in [2.75, 3.05) is 10.8 Å². The monoisotopic (exact) mass is 721 g/mol. The van der Waals surface area contributed by atoms with E-state index in [1.807, 2.05) is 42.5 Å². The molecule has 1 aliphatic carbocycles. The molecule has 0 saturated heterocycles. The minimum Gasteiger partial charge on any atom is -0.352 e. The molecule has 46 heavy (non-hydrogen) atoms. The van der Waals surface area contributed by atoms with Gasteiger partial charge in [0.05, 0.1) is 10.6 Å². The second kappa shape index (κ2) is 15.8. The number of benzene rings is 4. The highest BCUT2D eigenvalue weighted by Crippen LogP contribution is 2.27. The van der Waals surface area contributed by atoms with Gasteiger partial charge in [-0.3, -0.25) is 13.9 Å². The molecule has 0 unspecified atom stereocenters. The first-order chi connectivity index (χ1) is 22.2. The molecule has 7 nitrogen and oxygen atoms in total. The van der Waals surface area contributed by atoms with E-state index in [4.69, 9.17) is 11.6 Å². The van der Waals surface area contributed by atoms with Crippen molar-refractivity contribution in [3.8, 4) is 0 Å². The summed E-state index contributed by atoms with van der Waals surface area (Å²) in [5.41, 5.74) is 1.99. The van der Waals surface area contributed by atoms with E-state index >= 15 is 0 Å². The van der Waals surface area contributed by atoms with E-state index < -0.39 is 28.5 Å². The summed E-state index contributed by atoms with van der Waals surface area (Å²) in [4.78, 5) is 30.3. The number of nitrogens with zero attached hydrogens (tertiary/aromatic N) is 2. The van der Waals surface area contributed by atoms with Gasteiger partial charge in [-0.2, -0.15) is 0 Å². The molecule has 1 N–H and O–H groups in total. The van der Waals surface area contributed by atoms with E-state index in [0.717, 1.165) is 52.0 Å². The van der Waals surface area contributed by atoms with Gasteiger partial charge in [0, 0.05) is 28.5 Å². The van der Waals surface area contributed by atoms with Gasteiger partial charge in [-0.25, -0.2) is 8.42 Å². The predicted octanol–water partition coefficient (Wildman–Crippen LogP) is 7.39. The number of carbonyl (C=O) groups excluding carboxylic acids is 2. The highest BCUT2D eigenvalue weighted by molar-refractivity contribution is 9.10. The van der Waals surface area contributed by atoms with Gasteiger partial charge in [0.2, 0.25) is 11.8 Å². The van der Waals surface area contributed by atoms with Crippen LogP contribution in [0.25, 0.3) is 0 Å². The van der Waals surface area contributed by atoms with Crippen molar-refractivity contribution in [1.82, 2.24) is 10.2 Å². The van der Waals surface area contributed by atoms with Crippen molar-refractivity contribution >= 4 is 55.1 Å². The number of rotatable bonds is 12. The molecule has 1 aliphatic rings. The third kappa shape index (κ3) is 8.78. The molecule has 0 spiro atoms. The van der Waals surface area contributed by atoms with Gasteiger partial charge in [-0.1, -0.05) is 107 Å². The maximum atomic E-state index is 14.6. The molecule has 1 atom stereocenters. The Bertz CT molecular complexity index is 1700. The SMILES string of the molecule is O=C(NC1CCCCC1)[C@@H](Cc1ccccc1)N(Cc1ccc(Cl)cc1)C(=O)CN(c1ccc(Br)cc1)S(=O)(=O)c1ccccc1. The van der Waals surface area contributed by atoms with Crippen molar-refractivity contribution in [3.05, 3.63) is 130 Å². The number of sulfonamides is 1. The minimum atomic E-state index is -4.15. The molecule has 240 valence electrons. The zero-order chi connectivity index (χ0) is 32.5. The van der Waals surface area contributed by atoms with E-state index in [1.165, 1.54) is 17.0 Å². The van der Waals surface area contributed by atoms with Crippen molar-refractivity contribution in [1.29, 1.82) is 0 Å². The van der Waals surface area contributed by atoms with Crippen LogP contribution in [0, 0.1) is 0 Å². The third-order valence-electron chi connectivity index (χ3n) is 8.21. The normalized spacial score (nSPS) is 14.3. The van der Waals surface area contributed by atoms with E-state index in [2.05, 4.69) is 21.2 Å². The zero-order valence-electron chi connectivity index (χ0n) is 25.4. The molecule has 4 aromatic rings. The van der Waals surface area contributed by atoms with Gasteiger partial charge >= 0.3 is 0 Å². The van der Waals surface area contributed by atoms with Crippen LogP contribution in [0.1, 0.15) is 43.2 Å². The second-order valence-corrected chi connectivity index (χ2v) is 14.7. The lowest BCUT2D eigenvalue weighted by molar-refractivity contribution is -0.140. The Balaban J connectivity index is 1.55. The third-order valence-corrected chi connectivity index (χ3v) is 10.8. The van der Waals surface area contributed by atoms with Crippen molar-refractivity contribution < 1.29 is 18.0 Å². The summed E-state index contributed by atoms with van der Waals surface area (Å²) >= 11 is 9.59. The Hall–Kier alpha value is -3.66. The molecule has 0 bridgehead atoms. The predicted molar refractivity (Wildman–Crippen MR) is 186 cm³/mol. The number of halogens is 2. The summed E-state index contributed by atoms with van der Waals surface area (Å²) in [5.74, 6) is -0.753. The molecule has 0 radical (unpaired) electrons. The average molecular weight is 723 g/mol. The molecule has 1 fully saturated rings. The van der Waals surface area contributed by atoms with E-state index in [-0.39, 0.29) is 29.8 Å². The van der Waals surface area contributed by atoms with Crippen molar-refractivity contribution in [2.24, 2.45) is 0 Å². The molecule has 2 amide bonds. The fourth-order valence-electron chi connectivity index (χ4n) is 5.74. The number of hydrogen-bond donors (Lipinski definition) is 1. The lowest BCUT2D eigenvalue weighted by Crippen LogP contribution is -2.55. The lowest BCUT2D eigenvalue weighted by atomic mass is 9.94. The molecular formula is C36H37BrClN3O4S. The smallest absolute Gasteiger partial charge is 0.264 e. The average Bonchev–Trinajstić information content (AvgIpc) is 3.07. The molecule has 5 rings (SSSR count). The maximum Gasteiger partial charge on any atom is 0.264 e. The van der Waals surface area contributed by atoms with Crippen LogP contribution >= 0.6 is 27.5 Å². The number of anilines is 1.